The Hall–Kier alpha value is -3.05. The van der Waals surface area contributed by atoms with Crippen LogP contribution in [0.4, 0.5) is 5.13 Å². The number of fused-ring (bicyclic) bond motifs is 1. The lowest BCUT2D eigenvalue weighted by Crippen LogP contribution is -2.14. The van der Waals surface area contributed by atoms with Gasteiger partial charge < -0.3 is 5.32 Å². The van der Waals surface area contributed by atoms with Crippen LogP contribution in [0.3, 0.4) is 0 Å². The Morgan fingerprint density at radius 3 is 2.76 bits per heavy atom. The summed E-state index contributed by atoms with van der Waals surface area (Å²) in [7, 11) is 0. The first-order valence-electron chi connectivity index (χ1n) is 7.91. The van der Waals surface area contributed by atoms with E-state index in [0.717, 1.165) is 22.2 Å². The quantitative estimate of drug-likeness (QED) is 0.591. The second-order valence-corrected chi connectivity index (χ2v) is 6.54. The highest BCUT2D eigenvalue weighted by atomic mass is 32.1. The van der Waals surface area contributed by atoms with Crippen molar-refractivity contribution in [1.29, 1.82) is 0 Å². The summed E-state index contributed by atoms with van der Waals surface area (Å²) in [4.78, 5) is 20.9. The third-order valence-electron chi connectivity index (χ3n) is 3.89. The van der Waals surface area contributed by atoms with Gasteiger partial charge in [0.05, 0.1) is 12.1 Å². The minimum Gasteiger partial charge on any atom is -0.302 e. The molecule has 0 saturated carbocycles. The fraction of sp³-hybridized carbons (Fsp3) is 0.0500. The molecule has 0 saturated heterocycles. The Morgan fingerprint density at radius 1 is 1.04 bits per heavy atom. The van der Waals surface area contributed by atoms with Gasteiger partial charge in [-0.1, -0.05) is 42.5 Å². The van der Waals surface area contributed by atoms with Crippen molar-refractivity contribution in [2.24, 2.45) is 0 Å². The number of nitrogens with one attached hydrogen (secondary N) is 1. The lowest BCUT2D eigenvalue weighted by Gasteiger charge is -2.04. The van der Waals surface area contributed by atoms with Crippen molar-refractivity contribution in [2.45, 2.75) is 6.42 Å². The number of hydrogen-bond donors (Lipinski definition) is 1. The summed E-state index contributed by atoms with van der Waals surface area (Å²) in [6.45, 7) is 0. The molecule has 0 aliphatic carbocycles. The third-order valence-corrected chi connectivity index (χ3v) is 4.64. The summed E-state index contributed by atoms with van der Waals surface area (Å²) < 4.78 is 0. The van der Waals surface area contributed by atoms with Gasteiger partial charge in [-0.3, -0.25) is 9.78 Å². The number of aromatic nitrogens is 2. The molecule has 4 nitrogen and oxygen atoms in total. The van der Waals surface area contributed by atoms with Crippen molar-refractivity contribution >= 4 is 33.1 Å². The zero-order valence-corrected chi connectivity index (χ0v) is 14.2. The van der Waals surface area contributed by atoms with Gasteiger partial charge in [0, 0.05) is 23.3 Å². The molecular weight excluding hydrogens is 330 g/mol. The van der Waals surface area contributed by atoms with E-state index >= 15 is 0 Å². The summed E-state index contributed by atoms with van der Waals surface area (Å²) in [5.41, 5.74) is 2.74. The van der Waals surface area contributed by atoms with Crippen molar-refractivity contribution in [3.63, 3.8) is 0 Å². The van der Waals surface area contributed by atoms with E-state index < -0.39 is 0 Å². The second-order valence-electron chi connectivity index (χ2n) is 5.69. The van der Waals surface area contributed by atoms with Crippen LogP contribution >= 0.6 is 11.3 Å². The zero-order valence-electron chi connectivity index (χ0n) is 13.3. The van der Waals surface area contributed by atoms with Gasteiger partial charge in [-0.25, -0.2) is 4.98 Å². The molecule has 4 aromatic rings. The Kier molecular flexibility index (Phi) is 4.23. The van der Waals surface area contributed by atoms with Crippen LogP contribution in [-0.4, -0.2) is 15.9 Å². The first-order valence-corrected chi connectivity index (χ1v) is 8.79. The monoisotopic (exact) mass is 345 g/mol. The molecular formula is C20H15N3OS. The first-order chi connectivity index (χ1) is 12.3. The van der Waals surface area contributed by atoms with Crippen LogP contribution in [0.15, 0.2) is 72.4 Å². The first kappa shape index (κ1) is 15.5. The summed E-state index contributed by atoms with van der Waals surface area (Å²) in [5.74, 6) is -0.0673. The fourth-order valence-corrected chi connectivity index (χ4v) is 3.41. The van der Waals surface area contributed by atoms with Gasteiger partial charge in [0.1, 0.15) is 0 Å². The SMILES string of the molecule is O=C(Cc1ccc2ccccc2c1)Nc1nc(-c2cccnc2)cs1. The molecule has 4 rings (SSSR count). The van der Waals surface area contributed by atoms with Gasteiger partial charge in [0.25, 0.3) is 0 Å². The predicted octanol–water partition coefficient (Wildman–Crippen LogP) is 4.54. The summed E-state index contributed by atoms with van der Waals surface area (Å²) in [6.07, 6.45) is 3.81. The van der Waals surface area contributed by atoms with Gasteiger partial charge in [-0.2, -0.15) is 0 Å². The van der Waals surface area contributed by atoms with E-state index in [0.29, 0.717) is 11.6 Å². The average Bonchev–Trinajstić information content (AvgIpc) is 3.10. The fourth-order valence-electron chi connectivity index (χ4n) is 2.68. The van der Waals surface area contributed by atoms with Crippen molar-refractivity contribution < 1.29 is 4.79 Å². The van der Waals surface area contributed by atoms with E-state index in [4.69, 9.17) is 0 Å². The molecule has 0 bridgehead atoms. The molecule has 0 unspecified atom stereocenters. The van der Waals surface area contributed by atoms with Gasteiger partial charge in [-0.15, -0.1) is 11.3 Å². The maximum absolute atomic E-state index is 12.3. The Bertz CT molecular complexity index is 1030. The zero-order chi connectivity index (χ0) is 17.1. The number of amides is 1. The molecule has 0 aliphatic rings. The van der Waals surface area contributed by atoms with Crippen molar-refractivity contribution in [1.82, 2.24) is 9.97 Å². The molecule has 122 valence electrons. The van der Waals surface area contributed by atoms with Crippen LogP contribution in [0.5, 0.6) is 0 Å². The van der Waals surface area contributed by atoms with Gasteiger partial charge >= 0.3 is 0 Å². The number of hydrogen-bond acceptors (Lipinski definition) is 4. The standard InChI is InChI=1S/C20H15N3OS/c24-19(11-14-7-8-15-4-1-2-5-16(15)10-14)23-20-22-18(13-25-20)17-6-3-9-21-12-17/h1-10,12-13H,11H2,(H,22,23,24). The maximum atomic E-state index is 12.3. The average molecular weight is 345 g/mol. The van der Waals surface area contributed by atoms with Crippen molar-refractivity contribution in [2.75, 3.05) is 5.32 Å². The summed E-state index contributed by atoms with van der Waals surface area (Å²) >= 11 is 1.41. The number of benzene rings is 2. The summed E-state index contributed by atoms with van der Waals surface area (Å²) in [6, 6.07) is 18.0. The van der Waals surface area contributed by atoms with Crippen molar-refractivity contribution in [3.8, 4) is 11.3 Å². The normalized spacial score (nSPS) is 10.7. The van der Waals surface area contributed by atoms with Gasteiger partial charge in [-0.05, 0) is 28.5 Å². The van der Waals surface area contributed by atoms with E-state index in [1.165, 1.54) is 16.7 Å². The highest BCUT2D eigenvalue weighted by Crippen LogP contribution is 2.24. The molecule has 0 atom stereocenters. The maximum Gasteiger partial charge on any atom is 0.230 e. The number of carbonyl (C=O) groups excluding carboxylic acids is 1. The van der Waals surface area contributed by atoms with Crippen molar-refractivity contribution in [3.05, 3.63) is 77.9 Å². The smallest absolute Gasteiger partial charge is 0.230 e. The van der Waals surface area contributed by atoms with Crippen LogP contribution in [0.25, 0.3) is 22.0 Å². The minimum absolute atomic E-state index is 0.0673. The van der Waals surface area contributed by atoms with E-state index in [1.807, 2.05) is 41.8 Å². The highest BCUT2D eigenvalue weighted by molar-refractivity contribution is 7.14. The molecule has 0 aliphatic heterocycles. The molecule has 2 heterocycles. The predicted molar refractivity (Wildman–Crippen MR) is 102 cm³/mol. The Morgan fingerprint density at radius 2 is 1.92 bits per heavy atom. The van der Waals surface area contributed by atoms with Crippen LogP contribution in [-0.2, 0) is 11.2 Å². The van der Waals surface area contributed by atoms with Crippen LogP contribution in [0.2, 0.25) is 0 Å². The summed E-state index contributed by atoms with van der Waals surface area (Å²) in [5, 5.41) is 7.71. The molecule has 1 amide bonds. The van der Waals surface area contributed by atoms with Crippen LogP contribution in [0, 0.1) is 0 Å². The van der Waals surface area contributed by atoms with E-state index in [-0.39, 0.29) is 5.91 Å². The van der Waals surface area contributed by atoms with Crippen LogP contribution < -0.4 is 5.32 Å². The largest absolute Gasteiger partial charge is 0.302 e. The Balaban J connectivity index is 1.46. The Labute approximate surface area is 149 Å². The topological polar surface area (TPSA) is 54.9 Å². The lowest BCUT2D eigenvalue weighted by molar-refractivity contribution is -0.115. The molecule has 25 heavy (non-hydrogen) atoms. The number of anilines is 1. The number of nitrogens with zero attached hydrogens (tertiary/aromatic N) is 2. The molecule has 0 radical (unpaired) electrons. The lowest BCUT2D eigenvalue weighted by atomic mass is 10.1. The van der Waals surface area contributed by atoms with Gasteiger partial charge in [0.15, 0.2) is 5.13 Å². The molecule has 2 aromatic heterocycles. The number of pyridine rings is 1. The molecule has 0 fully saturated rings. The molecule has 5 heteroatoms. The third kappa shape index (κ3) is 3.56. The van der Waals surface area contributed by atoms with Gasteiger partial charge in [0.2, 0.25) is 5.91 Å². The molecule has 2 aromatic carbocycles. The number of carbonyl (C=O) groups is 1. The van der Waals surface area contributed by atoms with Crippen LogP contribution in [0.1, 0.15) is 5.56 Å². The number of rotatable bonds is 4. The van der Waals surface area contributed by atoms with E-state index in [1.54, 1.807) is 12.4 Å². The van der Waals surface area contributed by atoms with E-state index in [2.05, 4.69) is 33.5 Å². The number of thiazole rings is 1. The molecule has 0 spiro atoms. The highest BCUT2D eigenvalue weighted by Gasteiger charge is 2.09. The minimum atomic E-state index is -0.0673. The molecule has 1 N–H and O–H groups in total. The van der Waals surface area contributed by atoms with E-state index in [9.17, 15) is 4.79 Å². The second kappa shape index (κ2) is 6.83.